The van der Waals surface area contributed by atoms with Crippen LogP contribution < -0.4 is 11.1 Å². The number of carbonyl (C=O) groups is 1. The minimum Gasteiger partial charge on any atom is -0.380 e. The zero-order valence-electron chi connectivity index (χ0n) is 10.3. The van der Waals surface area contributed by atoms with E-state index in [-0.39, 0.29) is 11.9 Å². The minimum absolute atomic E-state index is 0.0125. The van der Waals surface area contributed by atoms with Gasteiger partial charge in [0.1, 0.15) is 0 Å². The van der Waals surface area contributed by atoms with Crippen molar-refractivity contribution in [1.82, 2.24) is 5.32 Å². The highest BCUT2D eigenvalue weighted by Crippen LogP contribution is 2.11. The third kappa shape index (κ3) is 4.62. The molecule has 0 saturated heterocycles. The van der Waals surface area contributed by atoms with Gasteiger partial charge in [-0.05, 0) is 26.7 Å². The van der Waals surface area contributed by atoms with Gasteiger partial charge in [0.05, 0.1) is 12.1 Å². The van der Waals surface area contributed by atoms with Gasteiger partial charge in [0.25, 0.3) is 0 Å². The lowest BCUT2D eigenvalue weighted by Gasteiger charge is -2.27. The standard InChI is InChI=1S/C11H24N2O2/c1-5-11(12,6-2)10(14)13-9(4)8-15-7-3/h9H,5-8,12H2,1-4H3,(H,13,14). The summed E-state index contributed by atoms with van der Waals surface area (Å²) >= 11 is 0. The number of rotatable bonds is 7. The number of nitrogens with one attached hydrogen (secondary N) is 1. The Bertz CT molecular complexity index is 191. The van der Waals surface area contributed by atoms with E-state index in [0.29, 0.717) is 26.1 Å². The van der Waals surface area contributed by atoms with E-state index in [1.807, 2.05) is 27.7 Å². The molecule has 0 aliphatic rings. The van der Waals surface area contributed by atoms with Gasteiger partial charge in [-0.15, -0.1) is 0 Å². The summed E-state index contributed by atoms with van der Waals surface area (Å²) in [5, 5.41) is 2.87. The summed E-state index contributed by atoms with van der Waals surface area (Å²) in [5.74, 6) is -0.0836. The minimum atomic E-state index is -0.736. The predicted molar refractivity (Wildman–Crippen MR) is 61.6 cm³/mol. The fraction of sp³-hybridized carbons (Fsp3) is 0.909. The number of nitrogens with two attached hydrogens (primary N) is 1. The number of ether oxygens (including phenoxy) is 1. The monoisotopic (exact) mass is 216 g/mol. The number of amides is 1. The van der Waals surface area contributed by atoms with Crippen LogP contribution in [0.2, 0.25) is 0 Å². The van der Waals surface area contributed by atoms with Crippen molar-refractivity contribution in [2.45, 2.75) is 52.1 Å². The van der Waals surface area contributed by atoms with Crippen molar-refractivity contribution >= 4 is 5.91 Å². The quantitative estimate of drug-likeness (QED) is 0.668. The molecule has 0 aromatic rings. The summed E-state index contributed by atoms with van der Waals surface area (Å²) in [6, 6.07) is 0.0125. The van der Waals surface area contributed by atoms with Gasteiger partial charge < -0.3 is 15.8 Å². The van der Waals surface area contributed by atoms with Crippen LogP contribution in [0.15, 0.2) is 0 Å². The van der Waals surface area contributed by atoms with Crippen molar-refractivity contribution in [3.8, 4) is 0 Å². The van der Waals surface area contributed by atoms with Crippen molar-refractivity contribution in [1.29, 1.82) is 0 Å². The third-order valence-corrected chi connectivity index (χ3v) is 2.66. The molecule has 0 rings (SSSR count). The van der Waals surface area contributed by atoms with E-state index < -0.39 is 5.54 Å². The van der Waals surface area contributed by atoms with Gasteiger partial charge in [-0.1, -0.05) is 13.8 Å². The fourth-order valence-electron chi connectivity index (χ4n) is 1.27. The Balaban J connectivity index is 4.10. The summed E-state index contributed by atoms with van der Waals surface area (Å²) in [6.45, 7) is 8.90. The van der Waals surface area contributed by atoms with Gasteiger partial charge in [-0.2, -0.15) is 0 Å². The molecule has 0 aromatic carbocycles. The second kappa shape index (κ2) is 6.80. The van der Waals surface area contributed by atoms with Gasteiger partial charge in [0, 0.05) is 12.6 Å². The van der Waals surface area contributed by atoms with Gasteiger partial charge >= 0.3 is 0 Å². The molecular weight excluding hydrogens is 192 g/mol. The van der Waals surface area contributed by atoms with E-state index in [4.69, 9.17) is 10.5 Å². The van der Waals surface area contributed by atoms with Crippen LogP contribution in [0.25, 0.3) is 0 Å². The lowest BCUT2D eigenvalue weighted by Crippen LogP contribution is -2.55. The Morgan fingerprint density at radius 2 is 1.93 bits per heavy atom. The van der Waals surface area contributed by atoms with E-state index in [1.54, 1.807) is 0 Å². The first-order valence-electron chi connectivity index (χ1n) is 5.67. The molecule has 1 amide bonds. The molecule has 15 heavy (non-hydrogen) atoms. The average molecular weight is 216 g/mol. The number of hydrogen-bond acceptors (Lipinski definition) is 3. The molecule has 0 bridgehead atoms. The molecule has 0 aromatic heterocycles. The van der Waals surface area contributed by atoms with Crippen LogP contribution in [0.5, 0.6) is 0 Å². The van der Waals surface area contributed by atoms with Crippen molar-refractivity contribution in [2.24, 2.45) is 5.73 Å². The molecular formula is C11H24N2O2. The topological polar surface area (TPSA) is 64.3 Å². The maximum Gasteiger partial charge on any atom is 0.240 e. The highest BCUT2D eigenvalue weighted by Gasteiger charge is 2.30. The molecule has 0 spiro atoms. The van der Waals surface area contributed by atoms with E-state index in [9.17, 15) is 4.79 Å². The summed E-state index contributed by atoms with van der Waals surface area (Å²) in [4.78, 5) is 11.8. The maximum atomic E-state index is 11.8. The van der Waals surface area contributed by atoms with Crippen LogP contribution in [-0.2, 0) is 9.53 Å². The van der Waals surface area contributed by atoms with Crippen molar-refractivity contribution in [2.75, 3.05) is 13.2 Å². The average Bonchev–Trinajstić information content (AvgIpc) is 2.24. The molecule has 1 atom stereocenters. The van der Waals surface area contributed by atoms with Crippen LogP contribution in [0.4, 0.5) is 0 Å². The number of carbonyl (C=O) groups excluding carboxylic acids is 1. The largest absolute Gasteiger partial charge is 0.380 e. The molecule has 3 N–H and O–H groups in total. The molecule has 0 aliphatic carbocycles. The summed E-state index contributed by atoms with van der Waals surface area (Å²) in [6.07, 6.45) is 1.30. The first kappa shape index (κ1) is 14.4. The van der Waals surface area contributed by atoms with Crippen molar-refractivity contribution in [3.63, 3.8) is 0 Å². The fourth-order valence-corrected chi connectivity index (χ4v) is 1.27. The lowest BCUT2D eigenvalue weighted by molar-refractivity contribution is -0.127. The smallest absolute Gasteiger partial charge is 0.240 e. The Hall–Kier alpha value is -0.610. The van der Waals surface area contributed by atoms with Crippen LogP contribution in [0.3, 0.4) is 0 Å². The molecule has 0 heterocycles. The van der Waals surface area contributed by atoms with Gasteiger partial charge in [-0.25, -0.2) is 0 Å². The molecule has 0 aliphatic heterocycles. The predicted octanol–water partition coefficient (Wildman–Crippen LogP) is 1.05. The zero-order valence-corrected chi connectivity index (χ0v) is 10.3. The molecule has 0 saturated carbocycles. The molecule has 0 radical (unpaired) electrons. The SMILES string of the molecule is CCOCC(C)NC(=O)C(N)(CC)CC. The van der Waals surface area contributed by atoms with Crippen LogP contribution in [0.1, 0.15) is 40.5 Å². The molecule has 1 unspecified atom stereocenters. The second-order valence-corrected chi connectivity index (χ2v) is 3.90. The first-order valence-corrected chi connectivity index (χ1v) is 5.67. The third-order valence-electron chi connectivity index (χ3n) is 2.66. The summed E-state index contributed by atoms with van der Waals surface area (Å²) in [7, 11) is 0. The Morgan fingerprint density at radius 1 is 1.40 bits per heavy atom. The van der Waals surface area contributed by atoms with E-state index in [0.717, 1.165) is 0 Å². The van der Waals surface area contributed by atoms with E-state index in [2.05, 4.69) is 5.32 Å². The second-order valence-electron chi connectivity index (χ2n) is 3.90. The van der Waals surface area contributed by atoms with E-state index in [1.165, 1.54) is 0 Å². The maximum absolute atomic E-state index is 11.8. The van der Waals surface area contributed by atoms with E-state index >= 15 is 0 Å². The molecule has 4 nitrogen and oxygen atoms in total. The van der Waals surface area contributed by atoms with Gasteiger partial charge in [0.2, 0.25) is 5.91 Å². The van der Waals surface area contributed by atoms with Crippen molar-refractivity contribution in [3.05, 3.63) is 0 Å². The first-order chi connectivity index (χ1) is 7.00. The Kier molecular flexibility index (Phi) is 6.52. The molecule has 0 fully saturated rings. The number of hydrogen-bond donors (Lipinski definition) is 2. The zero-order chi connectivity index (χ0) is 11.9. The molecule has 4 heteroatoms. The normalized spacial score (nSPS) is 13.7. The lowest BCUT2D eigenvalue weighted by atomic mass is 9.93. The van der Waals surface area contributed by atoms with Gasteiger partial charge in [0.15, 0.2) is 0 Å². The van der Waals surface area contributed by atoms with Crippen molar-refractivity contribution < 1.29 is 9.53 Å². The Morgan fingerprint density at radius 3 is 2.33 bits per heavy atom. The van der Waals surface area contributed by atoms with Gasteiger partial charge in [-0.3, -0.25) is 4.79 Å². The highest BCUT2D eigenvalue weighted by atomic mass is 16.5. The van der Waals surface area contributed by atoms with Crippen LogP contribution in [0, 0.1) is 0 Å². The summed E-state index contributed by atoms with van der Waals surface area (Å²) in [5.41, 5.74) is 5.23. The Labute approximate surface area is 92.6 Å². The van der Waals surface area contributed by atoms with Crippen LogP contribution in [-0.4, -0.2) is 30.7 Å². The van der Waals surface area contributed by atoms with Crippen LogP contribution >= 0.6 is 0 Å². The highest BCUT2D eigenvalue weighted by molar-refractivity contribution is 5.86. The summed E-state index contributed by atoms with van der Waals surface area (Å²) < 4.78 is 5.22. The molecule has 90 valence electrons.